The third-order valence-electron chi connectivity index (χ3n) is 3.55. The van der Waals surface area contributed by atoms with Crippen molar-refractivity contribution in [3.8, 4) is 0 Å². The number of hydrogen-bond donors (Lipinski definition) is 2. The van der Waals surface area contributed by atoms with Crippen molar-refractivity contribution >= 4 is 17.4 Å². The van der Waals surface area contributed by atoms with Crippen molar-refractivity contribution < 1.29 is 4.79 Å². The summed E-state index contributed by atoms with van der Waals surface area (Å²) in [6.07, 6.45) is 2.24. The van der Waals surface area contributed by atoms with Gasteiger partial charge in [0.1, 0.15) is 0 Å². The van der Waals surface area contributed by atoms with Crippen LogP contribution in [0.4, 0.5) is 4.79 Å². The van der Waals surface area contributed by atoms with Crippen molar-refractivity contribution in [2.45, 2.75) is 38.8 Å². The van der Waals surface area contributed by atoms with E-state index in [9.17, 15) is 4.79 Å². The van der Waals surface area contributed by atoms with Crippen molar-refractivity contribution in [2.75, 3.05) is 19.6 Å². The number of amides is 2. The summed E-state index contributed by atoms with van der Waals surface area (Å²) in [6, 6.07) is 2.79. The first kappa shape index (κ1) is 14.3. The fourth-order valence-corrected chi connectivity index (χ4v) is 2.95. The molecule has 1 aliphatic rings. The Morgan fingerprint density at radius 1 is 1.47 bits per heavy atom. The van der Waals surface area contributed by atoms with Crippen molar-refractivity contribution in [3.63, 3.8) is 0 Å². The molecule has 1 aromatic rings. The highest BCUT2D eigenvalue weighted by Gasteiger charge is 2.24. The first-order valence-corrected chi connectivity index (χ1v) is 7.99. The minimum Gasteiger partial charge on any atom is -0.336 e. The molecule has 0 radical (unpaired) electrons. The highest BCUT2D eigenvalue weighted by atomic mass is 32.1. The Morgan fingerprint density at radius 2 is 2.21 bits per heavy atom. The van der Waals surface area contributed by atoms with Crippen LogP contribution < -0.4 is 10.6 Å². The van der Waals surface area contributed by atoms with E-state index in [0.29, 0.717) is 12.6 Å². The van der Waals surface area contributed by atoms with Gasteiger partial charge in [-0.3, -0.25) is 4.90 Å². The summed E-state index contributed by atoms with van der Waals surface area (Å²) in [5, 5.41) is 10.2. The zero-order chi connectivity index (χ0) is 13.7. The van der Waals surface area contributed by atoms with E-state index in [1.54, 1.807) is 11.3 Å². The number of likely N-dealkylation sites (N-methyl/N-ethyl adjacent to an activating group) is 1. The van der Waals surface area contributed by atoms with E-state index >= 15 is 0 Å². The molecule has 106 valence electrons. The number of rotatable bonds is 7. The summed E-state index contributed by atoms with van der Waals surface area (Å²) in [7, 11) is 0. The van der Waals surface area contributed by atoms with Gasteiger partial charge in [-0.2, -0.15) is 11.3 Å². The summed E-state index contributed by atoms with van der Waals surface area (Å²) >= 11 is 1.71. The van der Waals surface area contributed by atoms with Crippen LogP contribution in [0, 0.1) is 0 Å². The van der Waals surface area contributed by atoms with Gasteiger partial charge in [-0.05, 0) is 48.3 Å². The molecule has 2 amide bonds. The predicted molar refractivity (Wildman–Crippen MR) is 79.5 cm³/mol. The van der Waals surface area contributed by atoms with Gasteiger partial charge in [0.2, 0.25) is 0 Å². The molecule has 1 aromatic heterocycles. The minimum atomic E-state index is -0.0325. The van der Waals surface area contributed by atoms with Crippen LogP contribution in [-0.2, 0) is 0 Å². The van der Waals surface area contributed by atoms with Gasteiger partial charge in [-0.25, -0.2) is 4.79 Å². The van der Waals surface area contributed by atoms with Crippen LogP contribution in [0.1, 0.15) is 38.3 Å². The van der Waals surface area contributed by atoms with Crippen molar-refractivity contribution in [2.24, 2.45) is 0 Å². The van der Waals surface area contributed by atoms with Crippen molar-refractivity contribution in [1.29, 1.82) is 0 Å². The van der Waals surface area contributed by atoms with E-state index in [1.165, 1.54) is 5.56 Å². The third-order valence-corrected chi connectivity index (χ3v) is 4.25. The third kappa shape index (κ3) is 4.21. The van der Waals surface area contributed by atoms with Crippen LogP contribution in [0.25, 0.3) is 0 Å². The minimum absolute atomic E-state index is 0.0325. The molecule has 0 aliphatic heterocycles. The second-order valence-electron chi connectivity index (χ2n) is 4.92. The average Bonchev–Trinajstić information content (AvgIpc) is 3.06. The van der Waals surface area contributed by atoms with Crippen LogP contribution in [0.5, 0.6) is 0 Å². The Labute approximate surface area is 119 Å². The molecule has 1 fully saturated rings. The van der Waals surface area contributed by atoms with E-state index in [1.807, 2.05) is 0 Å². The SMILES string of the molecule is CCN(CC)[C@H](CNC(=O)NC1CC1)c1ccsc1. The highest BCUT2D eigenvalue weighted by Crippen LogP contribution is 2.22. The van der Waals surface area contributed by atoms with Gasteiger partial charge in [-0.1, -0.05) is 13.8 Å². The molecule has 0 unspecified atom stereocenters. The first-order chi connectivity index (χ1) is 9.24. The summed E-state index contributed by atoms with van der Waals surface area (Å²) < 4.78 is 0. The Bertz CT molecular complexity index is 385. The number of hydrogen-bond acceptors (Lipinski definition) is 3. The number of carbonyl (C=O) groups is 1. The first-order valence-electron chi connectivity index (χ1n) is 7.05. The lowest BCUT2D eigenvalue weighted by atomic mass is 10.1. The molecule has 0 bridgehead atoms. The molecule has 1 heterocycles. The van der Waals surface area contributed by atoms with E-state index in [2.05, 4.69) is 46.2 Å². The van der Waals surface area contributed by atoms with E-state index in [-0.39, 0.29) is 12.1 Å². The van der Waals surface area contributed by atoms with Gasteiger partial charge < -0.3 is 10.6 Å². The number of nitrogens with zero attached hydrogens (tertiary/aromatic N) is 1. The Morgan fingerprint density at radius 3 is 2.74 bits per heavy atom. The molecule has 1 atom stereocenters. The van der Waals surface area contributed by atoms with Crippen molar-refractivity contribution in [3.05, 3.63) is 22.4 Å². The van der Waals surface area contributed by atoms with Crippen molar-refractivity contribution in [1.82, 2.24) is 15.5 Å². The average molecular weight is 281 g/mol. The Balaban J connectivity index is 1.91. The summed E-state index contributed by atoms with van der Waals surface area (Å²) in [5.41, 5.74) is 1.29. The van der Waals surface area contributed by atoms with E-state index < -0.39 is 0 Å². The predicted octanol–water partition coefficient (Wildman–Crippen LogP) is 2.59. The summed E-state index contributed by atoms with van der Waals surface area (Å²) in [6.45, 7) is 6.96. The normalized spacial score (nSPS) is 16.4. The molecule has 0 aromatic carbocycles. The Kier molecular flexibility index (Phi) is 5.22. The fraction of sp³-hybridized carbons (Fsp3) is 0.643. The largest absolute Gasteiger partial charge is 0.336 e. The summed E-state index contributed by atoms with van der Waals surface area (Å²) in [4.78, 5) is 14.1. The number of thiophene rings is 1. The van der Waals surface area contributed by atoms with Gasteiger partial charge in [0.05, 0.1) is 6.04 Å². The molecule has 0 saturated heterocycles. The molecule has 4 nitrogen and oxygen atoms in total. The fourth-order valence-electron chi connectivity index (χ4n) is 2.24. The monoisotopic (exact) mass is 281 g/mol. The lowest BCUT2D eigenvalue weighted by Crippen LogP contribution is -2.42. The summed E-state index contributed by atoms with van der Waals surface area (Å²) in [5.74, 6) is 0. The van der Waals surface area contributed by atoms with Crippen LogP contribution in [0.3, 0.4) is 0 Å². The maximum Gasteiger partial charge on any atom is 0.315 e. The lowest BCUT2D eigenvalue weighted by molar-refractivity contribution is 0.206. The molecular weight excluding hydrogens is 258 g/mol. The lowest BCUT2D eigenvalue weighted by Gasteiger charge is -2.29. The van der Waals surface area contributed by atoms with Crippen LogP contribution >= 0.6 is 11.3 Å². The van der Waals surface area contributed by atoms with E-state index in [0.717, 1.165) is 25.9 Å². The van der Waals surface area contributed by atoms with E-state index in [4.69, 9.17) is 0 Å². The molecule has 0 spiro atoms. The highest BCUT2D eigenvalue weighted by molar-refractivity contribution is 7.07. The second kappa shape index (κ2) is 6.91. The maximum absolute atomic E-state index is 11.7. The maximum atomic E-state index is 11.7. The second-order valence-corrected chi connectivity index (χ2v) is 5.70. The van der Waals surface area contributed by atoms with Gasteiger partial charge in [0.15, 0.2) is 0 Å². The molecule has 5 heteroatoms. The zero-order valence-electron chi connectivity index (χ0n) is 11.7. The molecule has 2 N–H and O–H groups in total. The molecule has 1 aliphatic carbocycles. The standard InChI is InChI=1S/C14H23N3OS/c1-3-17(4-2)13(11-7-8-19-10-11)9-15-14(18)16-12-5-6-12/h7-8,10,12-13H,3-6,9H2,1-2H3,(H2,15,16,18)/t13-/m1/s1. The molecular formula is C14H23N3OS. The number of carbonyl (C=O) groups excluding carboxylic acids is 1. The Hall–Kier alpha value is -1.07. The van der Waals surface area contributed by atoms with Crippen LogP contribution in [0.2, 0.25) is 0 Å². The number of urea groups is 1. The smallest absolute Gasteiger partial charge is 0.315 e. The van der Waals surface area contributed by atoms with Crippen LogP contribution in [-0.4, -0.2) is 36.6 Å². The number of nitrogens with one attached hydrogen (secondary N) is 2. The quantitative estimate of drug-likeness (QED) is 0.807. The zero-order valence-corrected chi connectivity index (χ0v) is 12.5. The van der Waals surface area contributed by atoms with Gasteiger partial charge in [0.25, 0.3) is 0 Å². The molecule has 19 heavy (non-hydrogen) atoms. The van der Waals surface area contributed by atoms with Gasteiger partial charge in [-0.15, -0.1) is 0 Å². The van der Waals surface area contributed by atoms with Gasteiger partial charge >= 0.3 is 6.03 Å². The molecule has 2 rings (SSSR count). The van der Waals surface area contributed by atoms with Crippen LogP contribution in [0.15, 0.2) is 16.8 Å². The van der Waals surface area contributed by atoms with Gasteiger partial charge in [0, 0.05) is 12.6 Å². The molecule has 1 saturated carbocycles. The topological polar surface area (TPSA) is 44.4 Å².